The molecule has 1 N–H and O–H groups in total. The van der Waals surface area contributed by atoms with Crippen LogP contribution in [0.5, 0.6) is 0 Å². The Labute approximate surface area is 205 Å². The molecule has 0 saturated carbocycles. The van der Waals surface area contributed by atoms with Crippen LogP contribution < -0.4 is 5.32 Å². The largest absolute Gasteiger partial charge is 0.365 e. The second kappa shape index (κ2) is 10.1. The first kappa shape index (κ1) is 24.1. The fraction of sp³-hybridized carbons (Fsp3) is 0.346. The van der Waals surface area contributed by atoms with Gasteiger partial charge in [0, 0.05) is 37.2 Å². The summed E-state index contributed by atoms with van der Waals surface area (Å²) in [7, 11) is 0. The van der Waals surface area contributed by atoms with Gasteiger partial charge in [-0.05, 0) is 36.6 Å². The molecule has 36 heavy (non-hydrogen) atoms. The van der Waals surface area contributed by atoms with Crippen molar-refractivity contribution in [2.24, 2.45) is 5.92 Å². The van der Waals surface area contributed by atoms with Crippen LogP contribution in [0.25, 0.3) is 0 Å². The second-order valence-corrected chi connectivity index (χ2v) is 9.06. The van der Waals surface area contributed by atoms with Crippen LogP contribution in [0, 0.1) is 23.4 Å². The molecule has 1 fully saturated rings. The van der Waals surface area contributed by atoms with Crippen molar-refractivity contribution in [2.75, 3.05) is 13.1 Å². The number of carbonyl (C=O) groups excluding carboxylic acids is 2. The summed E-state index contributed by atoms with van der Waals surface area (Å²) in [5, 5.41) is 2.70. The van der Waals surface area contributed by atoms with Crippen LogP contribution in [-0.4, -0.2) is 39.4 Å². The van der Waals surface area contributed by atoms with E-state index in [4.69, 9.17) is 4.74 Å². The maximum Gasteiger partial charge on any atom is 0.274 e. The highest BCUT2D eigenvalue weighted by atomic mass is 19.1. The zero-order valence-corrected chi connectivity index (χ0v) is 19.4. The number of halogens is 3. The lowest BCUT2D eigenvalue weighted by Crippen LogP contribution is -2.43. The molecule has 3 aromatic rings. The molecular weight excluding hydrogens is 473 g/mol. The lowest BCUT2D eigenvalue weighted by atomic mass is 9.95. The Morgan fingerprint density at radius 2 is 1.75 bits per heavy atom. The molecule has 2 aliphatic heterocycles. The van der Waals surface area contributed by atoms with Gasteiger partial charge in [-0.2, -0.15) is 0 Å². The third kappa shape index (κ3) is 4.99. The third-order valence-electron chi connectivity index (χ3n) is 6.80. The van der Waals surface area contributed by atoms with E-state index >= 15 is 0 Å². The molecule has 2 amide bonds. The fourth-order valence-electron chi connectivity index (χ4n) is 4.67. The van der Waals surface area contributed by atoms with Gasteiger partial charge in [0.15, 0.2) is 5.69 Å². The molecule has 1 saturated heterocycles. The van der Waals surface area contributed by atoms with E-state index in [1.165, 1.54) is 18.2 Å². The van der Waals surface area contributed by atoms with E-state index in [-0.39, 0.29) is 48.4 Å². The van der Waals surface area contributed by atoms with Crippen molar-refractivity contribution in [3.05, 3.63) is 88.8 Å². The number of piperidine rings is 1. The molecule has 0 spiro atoms. The average Bonchev–Trinajstić information content (AvgIpc) is 3.31. The lowest BCUT2D eigenvalue weighted by molar-refractivity contribution is -0.126. The number of likely N-dealkylation sites (tertiary alicyclic amines) is 1. The predicted molar refractivity (Wildman–Crippen MR) is 123 cm³/mol. The molecule has 7 nitrogen and oxygen atoms in total. The van der Waals surface area contributed by atoms with Crippen molar-refractivity contribution in [2.45, 2.75) is 38.6 Å². The minimum absolute atomic E-state index is 0.0240. The summed E-state index contributed by atoms with van der Waals surface area (Å²) < 4.78 is 47.9. The number of rotatable bonds is 5. The molecule has 3 heterocycles. The maximum atomic E-state index is 13.8. The van der Waals surface area contributed by atoms with Gasteiger partial charge in [0.25, 0.3) is 5.91 Å². The quantitative estimate of drug-likeness (QED) is 0.582. The molecule has 1 aromatic heterocycles. The Bertz CT molecular complexity index is 1270. The summed E-state index contributed by atoms with van der Waals surface area (Å²) in [4.78, 5) is 31.7. The Hall–Kier alpha value is -3.66. The van der Waals surface area contributed by atoms with Gasteiger partial charge in [0.05, 0.1) is 25.2 Å². The van der Waals surface area contributed by atoms with Crippen molar-refractivity contribution < 1.29 is 27.5 Å². The van der Waals surface area contributed by atoms with Gasteiger partial charge >= 0.3 is 0 Å². The van der Waals surface area contributed by atoms with E-state index in [1.807, 2.05) is 4.57 Å². The Morgan fingerprint density at radius 3 is 2.47 bits per heavy atom. The summed E-state index contributed by atoms with van der Waals surface area (Å²) in [5.41, 5.74) is 2.10. The molecule has 5 rings (SSSR count). The smallest absolute Gasteiger partial charge is 0.274 e. The van der Waals surface area contributed by atoms with Gasteiger partial charge in [-0.3, -0.25) is 9.59 Å². The van der Waals surface area contributed by atoms with E-state index in [0.29, 0.717) is 43.9 Å². The number of imidazole rings is 1. The Balaban J connectivity index is 1.15. The van der Waals surface area contributed by atoms with Crippen LogP contribution in [0.2, 0.25) is 0 Å². The van der Waals surface area contributed by atoms with Crippen molar-refractivity contribution in [3.63, 3.8) is 0 Å². The first-order valence-corrected chi connectivity index (χ1v) is 11.8. The molecule has 2 aromatic carbocycles. The molecule has 1 atom stereocenters. The number of aromatic nitrogens is 2. The molecule has 0 unspecified atom stereocenters. The van der Waals surface area contributed by atoms with E-state index in [9.17, 15) is 22.8 Å². The highest BCUT2D eigenvalue weighted by molar-refractivity contribution is 5.93. The number of nitrogens with zero attached hydrogens (tertiary/aromatic N) is 3. The number of hydrogen-bond donors (Lipinski definition) is 1. The summed E-state index contributed by atoms with van der Waals surface area (Å²) >= 11 is 0. The number of hydrogen-bond acceptors (Lipinski definition) is 4. The van der Waals surface area contributed by atoms with Crippen molar-refractivity contribution in [1.82, 2.24) is 19.8 Å². The topological polar surface area (TPSA) is 76.5 Å². The maximum absolute atomic E-state index is 13.8. The normalized spacial score (nSPS) is 18.1. The lowest BCUT2D eigenvalue weighted by Gasteiger charge is -2.31. The number of carbonyl (C=O) groups is 2. The molecule has 188 valence electrons. The number of nitrogens with one attached hydrogen (secondary N) is 1. The first-order valence-electron chi connectivity index (χ1n) is 11.8. The summed E-state index contributed by atoms with van der Waals surface area (Å²) in [6, 6.07) is 9.40. The monoisotopic (exact) mass is 498 g/mol. The number of amides is 2. The van der Waals surface area contributed by atoms with E-state index in [2.05, 4.69) is 10.3 Å². The predicted octanol–water partition coefficient (Wildman–Crippen LogP) is 3.74. The van der Waals surface area contributed by atoms with Crippen molar-refractivity contribution in [1.29, 1.82) is 0 Å². The first-order chi connectivity index (χ1) is 17.4. The molecule has 10 heteroatoms. The van der Waals surface area contributed by atoms with Gasteiger partial charge in [-0.15, -0.1) is 0 Å². The van der Waals surface area contributed by atoms with Crippen molar-refractivity contribution in [3.8, 4) is 0 Å². The van der Waals surface area contributed by atoms with Crippen LogP contribution >= 0.6 is 0 Å². The minimum atomic E-state index is -0.702. The number of ether oxygens (including phenoxy) is 1. The van der Waals surface area contributed by atoms with Gasteiger partial charge < -0.3 is 19.5 Å². The van der Waals surface area contributed by atoms with E-state index in [1.54, 1.807) is 23.4 Å². The molecule has 2 aliphatic rings. The van der Waals surface area contributed by atoms with Crippen LogP contribution in [0.4, 0.5) is 13.2 Å². The molecular formula is C26H25F3N4O3. The zero-order chi connectivity index (χ0) is 25.2. The van der Waals surface area contributed by atoms with Crippen LogP contribution in [0.3, 0.4) is 0 Å². The third-order valence-corrected chi connectivity index (χ3v) is 6.80. The second-order valence-electron chi connectivity index (χ2n) is 9.06. The van der Waals surface area contributed by atoms with Gasteiger partial charge in [-0.1, -0.05) is 18.2 Å². The Kier molecular flexibility index (Phi) is 6.77. The minimum Gasteiger partial charge on any atom is -0.365 e. The summed E-state index contributed by atoms with van der Waals surface area (Å²) in [6.45, 7) is 1.45. The molecule has 0 radical (unpaired) electrons. The molecule has 0 aliphatic carbocycles. The number of benzene rings is 2. The van der Waals surface area contributed by atoms with E-state index in [0.717, 1.165) is 17.7 Å². The zero-order valence-electron chi connectivity index (χ0n) is 19.4. The van der Waals surface area contributed by atoms with Gasteiger partial charge in [0.1, 0.15) is 23.6 Å². The number of fused-ring (bicyclic) bond motifs is 1. The Morgan fingerprint density at radius 1 is 1.03 bits per heavy atom. The standard InChI is InChI=1S/C26H25F3N4O3/c27-19-4-1-16(2-5-19)23-13-33-15-31-24(22(33)14-36-23)26(35)32-9-7-17(8-10-32)25(34)30-12-18-3-6-20(28)11-21(18)29/h1-6,11,15,17,23H,7-10,12-14H2,(H,30,34)/t23-/m1/s1. The van der Waals surface area contributed by atoms with Gasteiger partial charge in [0.2, 0.25) is 5.91 Å². The van der Waals surface area contributed by atoms with Crippen molar-refractivity contribution >= 4 is 11.8 Å². The van der Waals surface area contributed by atoms with Crippen LogP contribution in [0.15, 0.2) is 48.8 Å². The highest BCUT2D eigenvalue weighted by Gasteiger charge is 2.32. The fourth-order valence-corrected chi connectivity index (χ4v) is 4.67. The highest BCUT2D eigenvalue weighted by Crippen LogP contribution is 2.29. The summed E-state index contributed by atoms with van der Waals surface area (Å²) in [5.74, 6) is -2.41. The average molecular weight is 499 g/mol. The SMILES string of the molecule is O=C(NCc1ccc(F)cc1F)C1CCN(C(=O)c2ncn3c2CO[C@@H](c2ccc(F)cc2)C3)CC1. The van der Waals surface area contributed by atoms with E-state index < -0.39 is 11.6 Å². The van der Waals surface area contributed by atoms with Gasteiger partial charge in [-0.25, -0.2) is 18.2 Å². The van der Waals surface area contributed by atoms with Crippen LogP contribution in [0.1, 0.15) is 46.3 Å². The summed E-state index contributed by atoms with van der Waals surface area (Å²) in [6.07, 6.45) is 2.31. The molecule has 0 bridgehead atoms. The van der Waals surface area contributed by atoms with Crippen LogP contribution in [-0.2, 0) is 29.2 Å².